The van der Waals surface area contributed by atoms with Gasteiger partial charge in [0.25, 0.3) is 0 Å². The van der Waals surface area contributed by atoms with Crippen molar-refractivity contribution in [2.45, 2.75) is 56.7 Å². The maximum Gasteiger partial charge on any atom is 0.243 e. The first-order valence-corrected chi connectivity index (χ1v) is 12.7. The van der Waals surface area contributed by atoms with Gasteiger partial charge < -0.3 is 5.32 Å². The minimum absolute atomic E-state index is 0.262. The molecule has 1 aliphatic carbocycles. The molecule has 0 saturated heterocycles. The molecule has 0 aromatic heterocycles. The van der Waals surface area contributed by atoms with Crippen LogP contribution in [0.25, 0.3) is 0 Å². The summed E-state index contributed by atoms with van der Waals surface area (Å²) in [7, 11) is -3.61. The minimum Gasteiger partial charge on any atom is -0.353 e. The van der Waals surface area contributed by atoms with E-state index in [1.54, 1.807) is 24.3 Å². The molecule has 1 aromatic rings. The lowest BCUT2D eigenvalue weighted by molar-refractivity contribution is -0.122. The van der Waals surface area contributed by atoms with Gasteiger partial charge in [0.15, 0.2) is 0 Å². The van der Waals surface area contributed by atoms with Crippen LogP contribution in [0.2, 0.25) is 5.02 Å². The van der Waals surface area contributed by atoms with Crippen molar-refractivity contribution in [2.24, 2.45) is 0 Å². The number of rotatable bonds is 9. The van der Waals surface area contributed by atoms with E-state index in [2.05, 4.69) is 5.32 Å². The number of amides is 1. The second kappa shape index (κ2) is 10.6. The van der Waals surface area contributed by atoms with E-state index >= 15 is 0 Å². The number of anilines is 1. The highest BCUT2D eigenvalue weighted by atomic mass is 35.5. The Bertz CT molecular complexity index is 704. The summed E-state index contributed by atoms with van der Waals surface area (Å²) in [5.41, 5.74) is 0.445. The third-order valence-electron chi connectivity index (χ3n) is 4.72. The molecule has 1 aliphatic rings. The van der Waals surface area contributed by atoms with E-state index in [-0.39, 0.29) is 5.91 Å². The Morgan fingerprint density at radius 2 is 1.89 bits per heavy atom. The fourth-order valence-electron chi connectivity index (χ4n) is 3.40. The average molecular weight is 433 g/mol. The first kappa shape index (κ1) is 22.4. The summed E-state index contributed by atoms with van der Waals surface area (Å²) in [5, 5.41) is 4.13. The number of benzene rings is 1. The van der Waals surface area contributed by atoms with Crippen molar-refractivity contribution in [3.8, 4) is 0 Å². The maximum atomic E-state index is 12.7. The Hall–Kier alpha value is -0.920. The number of thioether (sulfide) groups is 1. The van der Waals surface area contributed by atoms with Crippen LogP contribution in [0, 0.1) is 0 Å². The molecule has 0 aliphatic heterocycles. The van der Waals surface area contributed by atoms with Gasteiger partial charge in [0, 0.05) is 22.6 Å². The van der Waals surface area contributed by atoms with Gasteiger partial charge in [0.05, 0.1) is 11.9 Å². The molecule has 1 N–H and O–H groups in total. The average Bonchev–Trinajstić information content (AvgIpc) is 2.64. The third-order valence-corrected chi connectivity index (χ3v) is 7.53. The Labute approximate surface area is 172 Å². The van der Waals surface area contributed by atoms with Gasteiger partial charge in [-0.2, -0.15) is 11.8 Å². The molecule has 1 amide bonds. The monoisotopic (exact) mass is 432 g/mol. The molecule has 0 bridgehead atoms. The lowest BCUT2D eigenvalue weighted by Crippen LogP contribution is -2.49. The second-order valence-corrected chi connectivity index (χ2v) is 10.6. The molecule has 0 radical (unpaired) electrons. The van der Waals surface area contributed by atoms with Crippen LogP contribution in [0.3, 0.4) is 0 Å². The molecule has 1 saturated carbocycles. The maximum absolute atomic E-state index is 12.7. The van der Waals surface area contributed by atoms with Crippen LogP contribution < -0.4 is 9.62 Å². The number of nitrogens with zero attached hydrogens (tertiary/aromatic N) is 1. The first-order chi connectivity index (χ1) is 12.8. The topological polar surface area (TPSA) is 66.5 Å². The summed E-state index contributed by atoms with van der Waals surface area (Å²) in [6, 6.07) is 5.72. The standard InChI is InChI=1S/C19H29ClN2O3S2/c1-3-18(19(23)21-13-14-26-17-7-5-4-6-8-17)22(27(2,24)25)16-11-9-15(20)10-12-16/h9-12,17-18H,3-8,13-14H2,1-2H3,(H,21,23)/t18-/m0/s1. The smallest absolute Gasteiger partial charge is 0.243 e. The van der Waals surface area contributed by atoms with Crippen molar-refractivity contribution in [3.63, 3.8) is 0 Å². The molecular formula is C19H29ClN2O3S2. The van der Waals surface area contributed by atoms with E-state index in [1.807, 2.05) is 18.7 Å². The van der Waals surface area contributed by atoms with Crippen molar-refractivity contribution in [1.29, 1.82) is 0 Å². The highest BCUT2D eigenvalue weighted by molar-refractivity contribution is 7.99. The van der Waals surface area contributed by atoms with Gasteiger partial charge >= 0.3 is 0 Å². The van der Waals surface area contributed by atoms with Gasteiger partial charge in [0.1, 0.15) is 6.04 Å². The normalized spacial score (nSPS) is 16.7. The number of carbonyl (C=O) groups excluding carboxylic acids is 1. The fraction of sp³-hybridized carbons (Fsp3) is 0.632. The number of hydrogen-bond acceptors (Lipinski definition) is 4. The number of hydrogen-bond donors (Lipinski definition) is 1. The summed E-state index contributed by atoms with van der Waals surface area (Å²) in [5.74, 6) is 0.592. The van der Waals surface area contributed by atoms with Crippen LogP contribution in [0.1, 0.15) is 45.4 Å². The van der Waals surface area contributed by atoms with E-state index in [0.29, 0.717) is 28.9 Å². The van der Waals surface area contributed by atoms with Crippen molar-refractivity contribution >= 4 is 45.0 Å². The number of nitrogens with one attached hydrogen (secondary N) is 1. The van der Waals surface area contributed by atoms with Crippen LogP contribution >= 0.6 is 23.4 Å². The molecule has 152 valence electrons. The molecule has 1 atom stereocenters. The van der Waals surface area contributed by atoms with Crippen LogP contribution in [-0.2, 0) is 14.8 Å². The molecular weight excluding hydrogens is 404 g/mol. The van der Waals surface area contributed by atoms with Gasteiger partial charge in [0.2, 0.25) is 15.9 Å². The summed E-state index contributed by atoms with van der Waals surface area (Å²) in [4.78, 5) is 12.7. The summed E-state index contributed by atoms with van der Waals surface area (Å²) in [6.45, 7) is 2.36. The summed E-state index contributed by atoms with van der Waals surface area (Å²) < 4.78 is 25.9. The third kappa shape index (κ3) is 6.88. The molecule has 0 unspecified atom stereocenters. The molecule has 8 heteroatoms. The molecule has 1 aromatic carbocycles. The molecule has 1 fully saturated rings. The highest BCUT2D eigenvalue weighted by Gasteiger charge is 2.31. The van der Waals surface area contributed by atoms with Gasteiger partial charge in [-0.05, 0) is 43.5 Å². The Kier molecular flexibility index (Phi) is 8.76. The van der Waals surface area contributed by atoms with Crippen LogP contribution in [0.15, 0.2) is 24.3 Å². The van der Waals surface area contributed by atoms with Crippen LogP contribution in [-0.4, -0.2) is 44.2 Å². The van der Waals surface area contributed by atoms with Crippen LogP contribution in [0.5, 0.6) is 0 Å². The summed E-state index contributed by atoms with van der Waals surface area (Å²) >= 11 is 7.81. The highest BCUT2D eigenvalue weighted by Crippen LogP contribution is 2.28. The van der Waals surface area contributed by atoms with E-state index in [9.17, 15) is 13.2 Å². The largest absolute Gasteiger partial charge is 0.353 e. The zero-order valence-corrected chi connectivity index (χ0v) is 18.4. The fourth-order valence-corrected chi connectivity index (χ4v) is 5.96. The summed E-state index contributed by atoms with van der Waals surface area (Å²) in [6.07, 6.45) is 7.95. The van der Waals surface area contributed by atoms with Crippen molar-refractivity contribution < 1.29 is 13.2 Å². The van der Waals surface area contributed by atoms with Gasteiger partial charge in [-0.1, -0.05) is 37.8 Å². The zero-order valence-electron chi connectivity index (χ0n) is 16.0. The molecule has 27 heavy (non-hydrogen) atoms. The van der Waals surface area contributed by atoms with Gasteiger partial charge in [-0.3, -0.25) is 9.10 Å². The Morgan fingerprint density at radius 3 is 2.44 bits per heavy atom. The van der Waals surface area contributed by atoms with Gasteiger partial charge in [-0.25, -0.2) is 8.42 Å². The molecule has 0 spiro atoms. The quantitative estimate of drug-likeness (QED) is 0.597. The van der Waals surface area contributed by atoms with Crippen LogP contribution in [0.4, 0.5) is 5.69 Å². The number of carbonyl (C=O) groups is 1. The number of halogens is 1. The van der Waals surface area contributed by atoms with Crippen molar-refractivity contribution in [3.05, 3.63) is 29.3 Å². The lowest BCUT2D eigenvalue weighted by atomic mass is 10.0. The van der Waals surface area contributed by atoms with Gasteiger partial charge in [-0.15, -0.1) is 0 Å². The first-order valence-electron chi connectivity index (χ1n) is 9.47. The van der Waals surface area contributed by atoms with Crippen molar-refractivity contribution in [2.75, 3.05) is 22.9 Å². The van der Waals surface area contributed by atoms with E-state index < -0.39 is 16.1 Å². The molecule has 2 rings (SSSR count). The Balaban J connectivity index is 1.98. The van der Waals surface area contributed by atoms with E-state index in [4.69, 9.17) is 11.6 Å². The zero-order chi connectivity index (χ0) is 19.9. The van der Waals surface area contributed by atoms with Crippen molar-refractivity contribution in [1.82, 2.24) is 5.32 Å². The lowest BCUT2D eigenvalue weighted by Gasteiger charge is -2.30. The predicted molar refractivity (Wildman–Crippen MR) is 115 cm³/mol. The minimum atomic E-state index is -3.61. The Morgan fingerprint density at radius 1 is 1.26 bits per heavy atom. The predicted octanol–water partition coefficient (Wildman–Crippen LogP) is 4.07. The number of sulfonamides is 1. The second-order valence-electron chi connectivity index (χ2n) is 6.88. The van der Waals surface area contributed by atoms with E-state index in [1.165, 1.54) is 36.4 Å². The van der Waals surface area contributed by atoms with E-state index in [0.717, 1.165) is 12.0 Å². The SMILES string of the molecule is CC[C@@H](C(=O)NCCSC1CCCCC1)N(c1ccc(Cl)cc1)S(C)(=O)=O. The molecule has 5 nitrogen and oxygen atoms in total. The molecule has 0 heterocycles.